The molecule has 0 aromatic heterocycles. The average molecular weight is 470 g/mol. The summed E-state index contributed by atoms with van der Waals surface area (Å²) in [5, 5.41) is 10.7. The van der Waals surface area contributed by atoms with Crippen molar-refractivity contribution < 1.29 is 23.1 Å². The minimum absolute atomic E-state index is 0.203. The molecule has 0 heterocycles. The number of halogens is 3. The molecule has 10 N–H and O–H groups in total. The summed E-state index contributed by atoms with van der Waals surface area (Å²) < 4.78 is 31.7. The van der Waals surface area contributed by atoms with E-state index in [1.54, 1.807) is 0 Å². The molecule has 0 rings (SSSR count). The van der Waals surface area contributed by atoms with E-state index in [2.05, 4.69) is 15.3 Å². The Labute approximate surface area is 189 Å². The van der Waals surface area contributed by atoms with Crippen molar-refractivity contribution in [3.05, 3.63) is 0 Å². The van der Waals surface area contributed by atoms with Gasteiger partial charge in [0.2, 0.25) is 0 Å². The van der Waals surface area contributed by atoms with Crippen LogP contribution in [0.3, 0.4) is 0 Å². The highest BCUT2D eigenvalue weighted by atomic mass is 19.4. The Morgan fingerprint density at radius 2 is 0.938 bits per heavy atom. The van der Waals surface area contributed by atoms with Crippen LogP contribution in [0.2, 0.25) is 0 Å². The number of nitrogens with one attached hydrogen (secondary N) is 1. The summed E-state index contributed by atoms with van der Waals surface area (Å²) in [4.78, 5) is 16.9. The largest absolute Gasteiger partial charge is 0.490 e. The maximum Gasteiger partial charge on any atom is 0.490 e. The topological polar surface area (TPSA) is 178 Å². The zero-order valence-corrected chi connectivity index (χ0v) is 19.0. The first-order valence-corrected chi connectivity index (χ1v) is 11.2. The molecule has 0 spiro atoms. The van der Waals surface area contributed by atoms with E-state index in [4.69, 9.17) is 32.8 Å². The molecular weight excluding hydrogens is 427 g/mol. The van der Waals surface area contributed by atoms with Crippen LogP contribution < -0.4 is 28.3 Å². The molecule has 0 aliphatic carbocycles. The molecule has 0 saturated carbocycles. The third-order valence-electron chi connectivity index (χ3n) is 4.35. The molecule has 0 aliphatic rings. The molecular formula is C20H42F3N7O2. The molecule has 0 aliphatic heterocycles. The lowest BCUT2D eigenvalue weighted by Crippen LogP contribution is -2.22. The molecule has 0 unspecified atom stereocenters. The number of hydrogen-bond acceptors (Lipinski definition) is 4. The predicted molar refractivity (Wildman–Crippen MR) is 123 cm³/mol. The number of unbranched alkanes of at least 4 members (excludes halogenated alkanes) is 10. The summed E-state index contributed by atoms with van der Waals surface area (Å²) in [5.74, 6) is -2.35. The van der Waals surface area contributed by atoms with Gasteiger partial charge in [-0.15, -0.1) is 0 Å². The van der Waals surface area contributed by atoms with Gasteiger partial charge < -0.3 is 33.4 Å². The van der Waals surface area contributed by atoms with E-state index >= 15 is 0 Å². The van der Waals surface area contributed by atoms with Crippen molar-refractivity contribution in [3.8, 4) is 0 Å². The van der Waals surface area contributed by atoms with Gasteiger partial charge in [0, 0.05) is 13.1 Å². The lowest BCUT2D eigenvalue weighted by atomic mass is 10.1. The fourth-order valence-electron chi connectivity index (χ4n) is 2.68. The maximum atomic E-state index is 10.6. The molecule has 190 valence electrons. The second kappa shape index (κ2) is 22.0. The first-order valence-electron chi connectivity index (χ1n) is 11.2. The third-order valence-corrected chi connectivity index (χ3v) is 4.35. The average Bonchev–Trinajstić information content (AvgIpc) is 2.69. The second-order valence-corrected chi connectivity index (χ2v) is 7.41. The van der Waals surface area contributed by atoms with Crippen molar-refractivity contribution in [1.82, 2.24) is 5.32 Å². The summed E-state index contributed by atoms with van der Waals surface area (Å²) in [7, 11) is 0. The fourth-order valence-corrected chi connectivity index (χ4v) is 2.68. The molecule has 0 aromatic rings. The number of carboxylic acids is 1. The summed E-state index contributed by atoms with van der Waals surface area (Å²) in [5.41, 5.74) is 21.1. The van der Waals surface area contributed by atoms with Gasteiger partial charge in [0.1, 0.15) is 0 Å². The normalized spacial score (nSPS) is 10.7. The number of rotatable bonds is 18. The number of aliphatic imine (C=N–C) groups is 2. The molecule has 0 saturated heterocycles. The van der Waals surface area contributed by atoms with Crippen LogP contribution in [-0.2, 0) is 4.79 Å². The van der Waals surface area contributed by atoms with Gasteiger partial charge in [-0.3, -0.25) is 9.98 Å². The van der Waals surface area contributed by atoms with Crippen molar-refractivity contribution in [1.29, 1.82) is 0 Å². The SMILES string of the molecule is NC(N)=NCCCCCCCCNCCCCCCCCN=C(N)N.O=C(O)C(F)(F)F. The van der Waals surface area contributed by atoms with Gasteiger partial charge in [-0.25, -0.2) is 4.79 Å². The number of nitrogens with two attached hydrogens (primary N) is 4. The summed E-state index contributed by atoms with van der Waals surface area (Å²) >= 11 is 0. The van der Waals surface area contributed by atoms with E-state index in [1.165, 1.54) is 64.2 Å². The molecule has 0 atom stereocenters. The van der Waals surface area contributed by atoms with Crippen LogP contribution in [0.5, 0.6) is 0 Å². The molecule has 0 radical (unpaired) electrons. The Bertz CT molecular complexity index is 476. The van der Waals surface area contributed by atoms with E-state index < -0.39 is 12.1 Å². The van der Waals surface area contributed by atoms with Crippen LogP contribution >= 0.6 is 0 Å². The Morgan fingerprint density at radius 3 is 1.22 bits per heavy atom. The van der Waals surface area contributed by atoms with Crippen LogP contribution in [0.1, 0.15) is 77.0 Å². The Hall–Kier alpha value is -2.24. The van der Waals surface area contributed by atoms with Crippen LogP contribution in [0.15, 0.2) is 9.98 Å². The lowest BCUT2D eigenvalue weighted by Gasteiger charge is -2.05. The van der Waals surface area contributed by atoms with Gasteiger partial charge >= 0.3 is 12.1 Å². The van der Waals surface area contributed by atoms with Gasteiger partial charge in [-0.1, -0.05) is 51.4 Å². The molecule has 0 aromatic carbocycles. The van der Waals surface area contributed by atoms with Crippen LogP contribution in [0, 0.1) is 0 Å². The Balaban J connectivity index is 0. The molecule has 12 heteroatoms. The van der Waals surface area contributed by atoms with Crippen LogP contribution in [0.4, 0.5) is 13.2 Å². The highest BCUT2D eigenvalue weighted by molar-refractivity contribution is 5.75. The van der Waals surface area contributed by atoms with E-state index in [0.29, 0.717) is 0 Å². The number of aliphatic carboxylic acids is 1. The highest BCUT2D eigenvalue weighted by Crippen LogP contribution is 2.13. The molecule has 32 heavy (non-hydrogen) atoms. The summed E-state index contributed by atoms with van der Waals surface area (Å²) in [6, 6.07) is 0. The van der Waals surface area contributed by atoms with Gasteiger partial charge in [0.15, 0.2) is 11.9 Å². The van der Waals surface area contributed by atoms with Gasteiger partial charge in [-0.05, 0) is 38.8 Å². The number of carbonyl (C=O) groups is 1. The monoisotopic (exact) mass is 469 g/mol. The number of carboxylic acid groups (broad SMARTS) is 1. The first kappa shape index (κ1) is 31.9. The molecule has 0 fully saturated rings. The minimum Gasteiger partial charge on any atom is -0.475 e. The van der Waals surface area contributed by atoms with E-state index in [0.717, 1.165) is 39.0 Å². The van der Waals surface area contributed by atoms with Crippen molar-refractivity contribution in [3.63, 3.8) is 0 Å². The predicted octanol–water partition coefficient (Wildman–Crippen LogP) is 2.44. The smallest absolute Gasteiger partial charge is 0.475 e. The molecule has 0 bridgehead atoms. The van der Waals surface area contributed by atoms with Crippen molar-refractivity contribution in [2.24, 2.45) is 32.9 Å². The number of guanidine groups is 2. The molecule has 0 amide bonds. The van der Waals surface area contributed by atoms with Crippen molar-refractivity contribution >= 4 is 17.9 Å². The Kier molecular flexibility index (Phi) is 21.9. The molecule has 9 nitrogen and oxygen atoms in total. The van der Waals surface area contributed by atoms with E-state index in [9.17, 15) is 13.2 Å². The minimum atomic E-state index is -5.08. The number of alkyl halides is 3. The second-order valence-electron chi connectivity index (χ2n) is 7.41. The summed E-state index contributed by atoms with van der Waals surface area (Å²) in [6.07, 6.45) is 9.88. The lowest BCUT2D eigenvalue weighted by molar-refractivity contribution is -0.192. The quantitative estimate of drug-likeness (QED) is 0.101. The standard InChI is InChI=1S/C18H41N7.C2HF3O2/c19-17(20)24-15-11-7-3-1-5-9-13-23-14-10-6-2-4-8-12-16-25-18(21)22;3-2(4,5)1(6)7/h23H,1-16H2,(H4,19,20,24)(H4,21,22,25);(H,6,7). The number of hydrogen-bond donors (Lipinski definition) is 6. The fraction of sp³-hybridized carbons (Fsp3) is 0.850. The van der Waals surface area contributed by atoms with Crippen LogP contribution in [0.25, 0.3) is 0 Å². The zero-order chi connectivity index (χ0) is 24.7. The van der Waals surface area contributed by atoms with Crippen molar-refractivity contribution in [2.45, 2.75) is 83.2 Å². The van der Waals surface area contributed by atoms with Gasteiger partial charge in [0.05, 0.1) is 0 Å². The van der Waals surface area contributed by atoms with Crippen LogP contribution in [-0.4, -0.2) is 55.4 Å². The summed E-state index contributed by atoms with van der Waals surface area (Å²) in [6.45, 7) is 3.82. The van der Waals surface area contributed by atoms with Crippen molar-refractivity contribution in [2.75, 3.05) is 26.2 Å². The third kappa shape index (κ3) is 30.0. The highest BCUT2D eigenvalue weighted by Gasteiger charge is 2.38. The van der Waals surface area contributed by atoms with E-state index in [-0.39, 0.29) is 11.9 Å². The van der Waals surface area contributed by atoms with E-state index in [1.807, 2.05) is 0 Å². The maximum absolute atomic E-state index is 10.6. The zero-order valence-electron chi connectivity index (χ0n) is 19.0. The van der Waals surface area contributed by atoms with Gasteiger partial charge in [0.25, 0.3) is 0 Å². The van der Waals surface area contributed by atoms with Gasteiger partial charge in [-0.2, -0.15) is 13.2 Å². The first-order chi connectivity index (χ1) is 15.1. The number of nitrogens with zero attached hydrogens (tertiary/aromatic N) is 2. The Morgan fingerprint density at radius 1 is 0.656 bits per heavy atom.